The maximum absolute atomic E-state index is 12.7. The zero-order valence-corrected chi connectivity index (χ0v) is 19.3. The standard InChI is InChI=1S/C22H42FO5P/c1-3-4-5-6-7-8-9-10-11-12-13-14-15-16-17-18-22(24)28-19-21(27-2)20-29(23,25)26/h10-11,21H,3-9,12-20H2,1-2H3,(H,25,26)/b11-10-. The lowest BCUT2D eigenvalue weighted by Gasteiger charge is -2.15. The number of hydrogen-bond donors (Lipinski definition) is 1. The lowest BCUT2D eigenvalue weighted by Crippen LogP contribution is -2.24. The highest BCUT2D eigenvalue weighted by Crippen LogP contribution is 2.42. The van der Waals surface area contributed by atoms with Gasteiger partial charge in [0.2, 0.25) is 0 Å². The van der Waals surface area contributed by atoms with Crippen molar-refractivity contribution in [3.63, 3.8) is 0 Å². The molecule has 0 radical (unpaired) electrons. The van der Waals surface area contributed by atoms with Crippen LogP contribution in [0.3, 0.4) is 0 Å². The van der Waals surface area contributed by atoms with Gasteiger partial charge in [0, 0.05) is 13.5 Å². The molecular formula is C22H42FO5P. The maximum atomic E-state index is 12.7. The van der Waals surface area contributed by atoms with Crippen molar-refractivity contribution in [2.75, 3.05) is 19.9 Å². The van der Waals surface area contributed by atoms with Gasteiger partial charge in [-0.1, -0.05) is 70.4 Å². The van der Waals surface area contributed by atoms with E-state index in [1.165, 1.54) is 58.5 Å². The van der Waals surface area contributed by atoms with Crippen LogP contribution in [0.4, 0.5) is 4.20 Å². The fourth-order valence-corrected chi connectivity index (χ4v) is 3.80. The average molecular weight is 437 g/mol. The van der Waals surface area contributed by atoms with E-state index in [0.717, 1.165) is 32.1 Å². The van der Waals surface area contributed by atoms with E-state index < -0.39 is 19.9 Å². The first-order chi connectivity index (χ1) is 13.9. The first-order valence-electron chi connectivity index (χ1n) is 11.2. The van der Waals surface area contributed by atoms with Crippen molar-refractivity contribution in [3.05, 3.63) is 12.2 Å². The molecule has 1 N–H and O–H groups in total. The van der Waals surface area contributed by atoms with Crippen molar-refractivity contribution >= 4 is 13.6 Å². The van der Waals surface area contributed by atoms with E-state index in [1.807, 2.05) is 0 Å². The molecule has 0 heterocycles. The molecule has 2 unspecified atom stereocenters. The molecule has 0 saturated heterocycles. The van der Waals surface area contributed by atoms with Crippen molar-refractivity contribution < 1.29 is 27.9 Å². The van der Waals surface area contributed by atoms with Crippen LogP contribution in [0.15, 0.2) is 12.2 Å². The predicted octanol–water partition coefficient (Wildman–Crippen LogP) is 6.74. The summed E-state index contributed by atoms with van der Waals surface area (Å²) in [5.41, 5.74) is 0. The number of unbranched alkanes of at least 4 members (excludes halogenated alkanes) is 11. The summed E-state index contributed by atoms with van der Waals surface area (Å²) in [7, 11) is -3.38. The van der Waals surface area contributed by atoms with Crippen LogP contribution in [0.1, 0.15) is 96.8 Å². The number of halogens is 1. The van der Waals surface area contributed by atoms with Gasteiger partial charge >= 0.3 is 13.6 Å². The average Bonchev–Trinajstić information content (AvgIpc) is 2.67. The highest BCUT2D eigenvalue weighted by Gasteiger charge is 2.24. The minimum atomic E-state index is -4.67. The second kappa shape index (κ2) is 19.3. The van der Waals surface area contributed by atoms with Gasteiger partial charge in [0.15, 0.2) is 0 Å². The van der Waals surface area contributed by atoms with E-state index in [4.69, 9.17) is 14.4 Å². The third kappa shape index (κ3) is 21.8. The molecule has 172 valence electrons. The molecule has 0 amide bonds. The van der Waals surface area contributed by atoms with Crippen molar-refractivity contribution in [1.82, 2.24) is 0 Å². The van der Waals surface area contributed by atoms with E-state index in [-0.39, 0.29) is 12.6 Å². The first-order valence-corrected chi connectivity index (χ1v) is 13.0. The minimum Gasteiger partial charge on any atom is -0.463 e. The second-order valence-electron chi connectivity index (χ2n) is 7.67. The van der Waals surface area contributed by atoms with E-state index in [9.17, 15) is 13.6 Å². The smallest absolute Gasteiger partial charge is 0.367 e. The second-order valence-corrected chi connectivity index (χ2v) is 9.27. The normalized spacial score (nSPS) is 14.8. The van der Waals surface area contributed by atoms with Crippen molar-refractivity contribution in [2.45, 2.75) is 103 Å². The van der Waals surface area contributed by atoms with Gasteiger partial charge in [0.1, 0.15) is 12.7 Å². The molecule has 0 spiro atoms. The fraction of sp³-hybridized carbons (Fsp3) is 0.864. The predicted molar refractivity (Wildman–Crippen MR) is 117 cm³/mol. The Labute approximate surface area is 177 Å². The van der Waals surface area contributed by atoms with Crippen molar-refractivity contribution in [1.29, 1.82) is 0 Å². The van der Waals surface area contributed by atoms with Gasteiger partial charge in [0.25, 0.3) is 0 Å². The van der Waals surface area contributed by atoms with Gasteiger partial charge in [-0.2, -0.15) is 4.20 Å². The first kappa shape index (κ1) is 28.3. The number of hydrogen-bond acceptors (Lipinski definition) is 4. The summed E-state index contributed by atoms with van der Waals surface area (Å²) >= 11 is 0. The molecule has 0 bridgehead atoms. The molecule has 0 aliphatic rings. The van der Waals surface area contributed by atoms with Gasteiger partial charge in [-0.25, -0.2) is 0 Å². The van der Waals surface area contributed by atoms with Crippen LogP contribution < -0.4 is 0 Å². The molecule has 29 heavy (non-hydrogen) atoms. The largest absolute Gasteiger partial charge is 0.463 e. The third-order valence-corrected chi connectivity index (χ3v) is 5.69. The lowest BCUT2D eigenvalue weighted by molar-refractivity contribution is -0.147. The number of carbonyl (C=O) groups is 1. The summed E-state index contributed by atoms with van der Waals surface area (Å²) in [4.78, 5) is 20.4. The number of carbonyl (C=O) groups excluding carboxylic acids is 1. The molecular weight excluding hydrogens is 394 g/mol. The summed E-state index contributed by atoms with van der Waals surface area (Å²) in [5, 5.41) is 0. The highest BCUT2D eigenvalue weighted by molar-refractivity contribution is 7.52. The Morgan fingerprint density at radius 3 is 2.00 bits per heavy atom. The highest BCUT2D eigenvalue weighted by atomic mass is 31.2. The molecule has 0 aromatic heterocycles. The molecule has 0 aliphatic heterocycles. The number of esters is 1. The van der Waals surface area contributed by atoms with Crippen LogP contribution in [-0.4, -0.2) is 36.8 Å². The monoisotopic (exact) mass is 436 g/mol. The minimum absolute atomic E-state index is 0.200. The van der Waals surface area contributed by atoms with Crippen molar-refractivity contribution in [3.8, 4) is 0 Å². The van der Waals surface area contributed by atoms with Crippen molar-refractivity contribution in [2.24, 2.45) is 0 Å². The Hall–Kier alpha value is -0.710. The Balaban J connectivity index is 3.46. The van der Waals surface area contributed by atoms with Gasteiger partial charge in [-0.15, -0.1) is 0 Å². The number of allylic oxidation sites excluding steroid dienone is 2. The lowest BCUT2D eigenvalue weighted by atomic mass is 10.1. The van der Waals surface area contributed by atoms with E-state index >= 15 is 0 Å². The molecule has 2 atom stereocenters. The van der Waals surface area contributed by atoms with Crippen LogP contribution >= 0.6 is 7.68 Å². The molecule has 0 rings (SSSR count). The molecule has 0 fully saturated rings. The maximum Gasteiger partial charge on any atom is 0.367 e. The van der Waals surface area contributed by atoms with Gasteiger partial charge < -0.3 is 14.4 Å². The summed E-state index contributed by atoms with van der Waals surface area (Å²) < 4.78 is 33.3. The van der Waals surface area contributed by atoms with Gasteiger partial charge in [-0.3, -0.25) is 9.36 Å². The Morgan fingerprint density at radius 1 is 0.966 bits per heavy atom. The Kier molecular flexibility index (Phi) is 18.8. The van der Waals surface area contributed by atoms with Crippen LogP contribution in [0.5, 0.6) is 0 Å². The zero-order chi connectivity index (χ0) is 21.8. The SMILES string of the molecule is CCCCCCCC/C=C\CCCCCCCC(=O)OCC(CP(=O)(O)F)OC. The zero-order valence-electron chi connectivity index (χ0n) is 18.5. The molecule has 7 heteroatoms. The molecule has 0 aromatic carbocycles. The van der Waals surface area contributed by atoms with Crippen LogP contribution in [0.2, 0.25) is 0 Å². The fourth-order valence-electron chi connectivity index (χ4n) is 3.04. The molecule has 5 nitrogen and oxygen atoms in total. The Morgan fingerprint density at radius 2 is 1.48 bits per heavy atom. The van der Waals surface area contributed by atoms with E-state index in [2.05, 4.69) is 19.1 Å². The number of methoxy groups -OCH3 is 1. The van der Waals surface area contributed by atoms with Crippen LogP contribution in [0, 0.1) is 0 Å². The molecule has 0 aromatic rings. The quantitative estimate of drug-likeness (QED) is 0.0990. The van der Waals surface area contributed by atoms with Gasteiger partial charge in [-0.05, 0) is 32.1 Å². The topological polar surface area (TPSA) is 72.8 Å². The van der Waals surface area contributed by atoms with Crippen LogP contribution in [0.25, 0.3) is 0 Å². The third-order valence-electron chi connectivity index (χ3n) is 4.84. The number of ether oxygens (including phenoxy) is 2. The van der Waals surface area contributed by atoms with Gasteiger partial charge in [0.05, 0.1) is 6.16 Å². The summed E-state index contributed by atoms with van der Waals surface area (Å²) in [5.74, 6) is -0.378. The molecule has 0 saturated carbocycles. The summed E-state index contributed by atoms with van der Waals surface area (Å²) in [6.45, 7) is 2.04. The Bertz CT molecular complexity index is 464. The van der Waals surface area contributed by atoms with Crippen LogP contribution in [-0.2, 0) is 18.8 Å². The summed E-state index contributed by atoms with van der Waals surface area (Å²) in [6, 6.07) is 0. The summed E-state index contributed by atoms with van der Waals surface area (Å²) in [6.07, 6.45) is 18.9. The van der Waals surface area contributed by atoms with E-state index in [1.54, 1.807) is 0 Å². The number of rotatable bonds is 20. The van der Waals surface area contributed by atoms with E-state index in [0.29, 0.717) is 6.42 Å². The molecule has 0 aliphatic carbocycles.